The van der Waals surface area contributed by atoms with Crippen molar-refractivity contribution >= 4 is 11.8 Å². The number of benzene rings is 2. The van der Waals surface area contributed by atoms with Crippen molar-refractivity contribution in [2.75, 3.05) is 12.3 Å². The van der Waals surface area contributed by atoms with Crippen molar-refractivity contribution in [3.63, 3.8) is 0 Å². The van der Waals surface area contributed by atoms with Gasteiger partial charge in [0.25, 0.3) is 0 Å². The van der Waals surface area contributed by atoms with Gasteiger partial charge < -0.3 is 10.5 Å². The zero-order valence-electron chi connectivity index (χ0n) is 19.2. The molecule has 30 heavy (non-hydrogen) atoms. The van der Waals surface area contributed by atoms with Crippen LogP contribution in [-0.2, 0) is 0 Å². The van der Waals surface area contributed by atoms with Gasteiger partial charge in [0, 0.05) is 5.69 Å². The van der Waals surface area contributed by atoms with Gasteiger partial charge in [-0.25, -0.2) is 0 Å². The van der Waals surface area contributed by atoms with Gasteiger partial charge >= 0.3 is 0 Å². The van der Waals surface area contributed by atoms with Crippen molar-refractivity contribution in [2.45, 2.75) is 84.0 Å². The Labute approximate surface area is 185 Å². The quantitative estimate of drug-likeness (QED) is 0.236. The van der Waals surface area contributed by atoms with Crippen molar-refractivity contribution in [1.29, 1.82) is 0 Å². The summed E-state index contributed by atoms with van der Waals surface area (Å²) in [5.41, 5.74) is 7.61. The summed E-state index contributed by atoms with van der Waals surface area (Å²) in [5, 5.41) is 0. The maximum Gasteiger partial charge on any atom is 0.119 e. The zero-order valence-corrected chi connectivity index (χ0v) is 19.2. The molecule has 0 aliphatic rings. The maximum atomic E-state index is 5.70. The fraction of sp³-hybridized carbons (Fsp3) is 0.500. The van der Waals surface area contributed by atoms with Crippen molar-refractivity contribution in [1.82, 2.24) is 0 Å². The second kappa shape index (κ2) is 18.8. The molecule has 166 valence electrons. The first-order valence-corrected chi connectivity index (χ1v) is 11.9. The smallest absolute Gasteiger partial charge is 0.119 e. The Hall–Kier alpha value is -2.22. The molecule has 0 saturated carbocycles. The Balaban J connectivity index is 0.000000467. The average Bonchev–Trinajstić information content (AvgIpc) is 2.79. The van der Waals surface area contributed by atoms with E-state index in [1.165, 1.54) is 76.2 Å². The highest BCUT2D eigenvalue weighted by molar-refractivity contribution is 5.45. The number of hydrogen-bond acceptors (Lipinski definition) is 2. The normalized spacial score (nSPS) is 10.2. The van der Waals surface area contributed by atoms with Gasteiger partial charge in [-0.3, -0.25) is 0 Å². The molecule has 0 aliphatic carbocycles. The van der Waals surface area contributed by atoms with E-state index in [0.717, 1.165) is 24.5 Å². The van der Waals surface area contributed by atoms with E-state index in [4.69, 9.17) is 10.5 Å². The van der Waals surface area contributed by atoms with E-state index in [9.17, 15) is 0 Å². The molecule has 0 saturated heterocycles. The van der Waals surface area contributed by atoms with Crippen LogP contribution in [0, 0.1) is 0 Å². The number of rotatable bonds is 15. The van der Waals surface area contributed by atoms with E-state index >= 15 is 0 Å². The number of unbranched alkanes of at least 4 members (excludes halogenated alkanes) is 11. The lowest BCUT2D eigenvalue weighted by Crippen LogP contribution is -1.97. The van der Waals surface area contributed by atoms with Gasteiger partial charge in [0.05, 0.1) is 6.61 Å². The molecule has 0 spiro atoms. The Morgan fingerprint density at radius 2 is 1.20 bits per heavy atom. The minimum Gasteiger partial charge on any atom is -0.494 e. The van der Waals surface area contributed by atoms with Gasteiger partial charge in [-0.15, -0.1) is 0 Å². The maximum absolute atomic E-state index is 5.70. The monoisotopic (exact) mass is 409 g/mol. The highest BCUT2D eigenvalue weighted by Crippen LogP contribution is 2.15. The molecule has 0 radical (unpaired) electrons. The summed E-state index contributed by atoms with van der Waals surface area (Å²) >= 11 is 0. The van der Waals surface area contributed by atoms with E-state index in [0.29, 0.717) is 0 Å². The fourth-order valence-electron chi connectivity index (χ4n) is 3.29. The third-order valence-corrected chi connectivity index (χ3v) is 5.18. The van der Waals surface area contributed by atoms with Gasteiger partial charge in [0.15, 0.2) is 0 Å². The standard InChI is InChI=1S/C20H35NO.C8H8/c1-2-3-4-5-6-7-8-9-10-11-12-13-18-22-20-16-14-19(21)15-17-20;1-2-8-6-4-3-5-7-8/h14-17H,2-13,18,21H2,1H3;2-7H,1H2. The van der Waals surface area contributed by atoms with E-state index in [1.54, 1.807) is 0 Å². The molecule has 2 N–H and O–H groups in total. The predicted octanol–water partition coefficient (Wildman–Crippen LogP) is 8.68. The molecule has 0 bridgehead atoms. The summed E-state index contributed by atoms with van der Waals surface area (Å²) in [4.78, 5) is 0. The molecule has 0 heterocycles. The van der Waals surface area contributed by atoms with Gasteiger partial charge in [0.2, 0.25) is 0 Å². The minimum atomic E-state index is 0.790. The van der Waals surface area contributed by atoms with Crippen molar-refractivity contribution in [2.24, 2.45) is 0 Å². The molecule has 0 aliphatic heterocycles. The van der Waals surface area contributed by atoms with Crippen LogP contribution in [0.3, 0.4) is 0 Å². The number of nitrogens with two attached hydrogens (primary N) is 1. The lowest BCUT2D eigenvalue weighted by atomic mass is 10.1. The van der Waals surface area contributed by atoms with E-state index in [-0.39, 0.29) is 0 Å². The van der Waals surface area contributed by atoms with E-state index in [2.05, 4.69) is 13.5 Å². The summed E-state index contributed by atoms with van der Waals surface area (Å²) in [7, 11) is 0. The second-order valence-electron chi connectivity index (χ2n) is 7.92. The topological polar surface area (TPSA) is 35.2 Å². The minimum absolute atomic E-state index is 0.790. The van der Waals surface area contributed by atoms with Crippen LogP contribution in [0.5, 0.6) is 5.75 Å². The van der Waals surface area contributed by atoms with Gasteiger partial charge in [-0.05, 0) is 36.2 Å². The van der Waals surface area contributed by atoms with Crippen molar-refractivity contribution < 1.29 is 4.74 Å². The first-order valence-electron chi connectivity index (χ1n) is 11.9. The molecule has 0 unspecified atom stereocenters. The summed E-state index contributed by atoms with van der Waals surface area (Å²) < 4.78 is 5.70. The van der Waals surface area contributed by atoms with Crippen LogP contribution in [0.2, 0.25) is 0 Å². The summed E-state index contributed by atoms with van der Waals surface area (Å²) in [6, 6.07) is 17.7. The zero-order chi connectivity index (χ0) is 21.7. The second-order valence-corrected chi connectivity index (χ2v) is 7.92. The molecule has 0 aromatic heterocycles. The SMILES string of the molecule is C=Cc1ccccc1.CCCCCCCCCCCCCCOc1ccc(N)cc1. The van der Waals surface area contributed by atoms with Crippen LogP contribution in [0.1, 0.15) is 89.5 Å². The molecular weight excluding hydrogens is 366 g/mol. The summed E-state index contributed by atoms with van der Waals surface area (Å²) in [5.74, 6) is 0.928. The van der Waals surface area contributed by atoms with Crippen molar-refractivity contribution in [3.05, 3.63) is 66.7 Å². The van der Waals surface area contributed by atoms with Gasteiger partial charge in [-0.1, -0.05) is 121 Å². The van der Waals surface area contributed by atoms with Crippen LogP contribution in [0.25, 0.3) is 6.08 Å². The Morgan fingerprint density at radius 1 is 0.700 bits per heavy atom. The number of anilines is 1. The Bertz CT molecular complexity index is 621. The first kappa shape index (κ1) is 25.8. The number of ether oxygens (including phenoxy) is 1. The highest BCUT2D eigenvalue weighted by Gasteiger charge is 1.95. The molecule has 2 aromatic rings. The molecule has 2 rings (SSSR count). The average molecular weight is 410 g/mol. The first-order chi connectivity index (χ1) is 14.8. The van der Waals surface area contributed by atoms with Crippen LogP contribution >= 0.6 is 0 Å². The Kier molecular flexibility index (Phi) is 16.2. The fourth-order valence-corrected chi connectivity index (χ4v) is 3.29. The van der Waals surface area contributed by atoms with Crippen LogP contribution in [0.15, 0.2) is 61.2 Å². The molecule has 0 fully saturated rings. The van der Waals surface area contributed by atoms with E-state index < -0.39 is 0 Å². The summed E-state index contributed by atoms with van der Waals surface area (Å²) in [6.45, 7) is 6.73. The van der Waals surface area contributed by atoms with Gasteiger partial charge in [-0.2, -0.15) is 0 Å². The third kappa shape index (κ3) is 14.7. The largest absolute Gasteiger partial charge is 0.494 e. The number of hydrogen-bond donors (Lipinski definition) is 1. The predicted molar refractivity (Wildman–Crippen MR) is 134 cm³/mol. The third-order valence-electron chi connectivity index (χ3n) is 5.18. The highest BCUT2D eigenvalue weighted by atomic mass is 16.5. The molecule has 2 aromatic carbocycles. The van der Waals surface area contributed by atoms with Crippen LogP contribution in [0.4, 0.5) is 5.69 Å². The molecule has 0 atom stereocenters. The van der Waals surface area contributed by atoms with Crippen LogP contribution in [-0.4, -0.2) is 6.61 Å². The molecule has 0 amide bonds. The van der Waals surface area contributed by atoms with Gasteiger partial charge in [0.1, 0.15) is 5.75 Å². The molecule has 2 nitrogen and oxygen atoms in total. The van der Waals surface area contributed by atoms with E-state index in [1.807, 2.05) is 60.7 Å². The number of nitrogen functional groups attached to an aromatic ring is 1. The van der Waals surface area contributed by atoms with Crippen LogP contribution < -0.4 is 10.5 Å². The lowest BCUT2D eigenvalue weighted by molar-refractivity contribution is 0.304. The van der Waals surface area contributed by atoms with Crippen molar-refractivity contribution in [3.8, 4) is 5.75 Å². The molecule has 2 heteroatoms. The Morgan fingerprint density at radius 3 is 1.67 bits per heavy atom. The molecular formula is C28H43NO. The lowest BCUT2D eigenvalue weighted by Gasteiger charge is -2.06. The summed E-state index contributed by atoms with van der Waals surface area (Å²) in [6.07, 6.45) is 18.4.